The van der Waals surface area contributed by atoms with Crippen molar-refractivity contribution in [1.82, 2.24) is 4.98 Å². The van der Waals surface area contributed by atoms with E-state index in [2.05, 4.69) is 76.2 Å². The Bertz CT molecular complexity index is 794. The zero-order chi connectivity index (χ0) is 15.0. The summed E-state index contributed by atoms with van der Waals surface area (Å²) in [6, 6.07) is 19.3. The largest absolute Gasteiger partial charge is 0.248 e. The molecule has 0 unspecified atom stereocenters. The molecule has 0 atom stereocenters. The van der Waals surface area contributed by atoms with Gasteiger partial charge in [0.2, 0.25) is 0 Å². The van der Waals surface area contributed by atoms with Crippen molar-refractivity contribution in [1.29, 1.82) is 0 Å². The summed E-state index contributed by atoms with van der Waals surface area (Å²) in [6.07, 6.45) is 0. The van der Waals surface area contributed by atoms with E-state index < -0.39 is 0 Å². The van der Waals surface area contributed by atoms with Gasteiger partial charge < -0.3 is 0 Å². The predicted octanol–water partition coefficient (Wildman–Crippen LogP) is 5.51. The van der Waals surface area contributed by atoms with Crippen molar-refractivity contribution in [2.75, 3.05) is 0 Å². The van der Waals surface area contributed by atoms with Gasteiger partial charge in [-0.3, -0.25) is 0 Å². The van der Waals surface area contributed by atoms with Crippen LogP contribution in [0.15, 0.2) is 54.6 Å². The molecule has 0 amide bonds. The van der Waals surface area contributed by atoms with Gasteiger partial charge in [-0.1, -0.05) is 57.2 Å². The van der Waals surface area contributed by atoms with E-state index in [1.807, 2.05) is 6.07 Å². The molecular weight excluding hydrogens is 254 g/mol. The molecule has 1 heteroatoms. The van der Waals surface area contributed by atoms with Crippen molar-refractivity contribution in [3.8, 4) is 11.3 Å². The molecule has 0 aliphatic carbocycles. The Morgan fingerprint density at radius 3 is 2.38 bits per heavy atom. The van der Waals surface area contributed by atoms with Gasteiger partial charge in [-0.25, -0.2) is 4.98 Å². The predicted molar refractivity (Wildman–Crippen MR) is 90.6 cm³/mol. The van der Waals surface area contributed by atoms with Gasteiger partial charge in [0, 0.05) is 10.9 Å². The molecule has 1 aromatic heterocycles. The lowest BCUT2D eigenvalue weighted by Crippen LogP contribution is -2.10. The van der Waals surface area contributed by atoms with Crippen LogP contribution in [0.5, 0.6) is 0 Å². The molecule has 0 aliphatic heterocycles. The molecule has 1 nitrogen and oxygen atoms in total. The SMILES string of the molecule is Cc1cc2ccccc2nc1-c1cccc(C(C)(C)C)c1. The number of pyridine rings is 1. The molecule has 0 fully saturated rings. The Hall–Kier alpha value is -2.15. The molecule has 0 saturated carbocycles. The average Bonchev–Trinajstić information content (AvgIpc) is 2.46. The maximum absolute atomic E-state index is 4.87. The fourth-order valence-electron chi connectivity index (χ4n) is 2.65. The fourth-order valence-corrected chi connectivity index (χ4v) is 2.65. The van der Waals surface area contributed by atoms with Crippen molar-refractivity contribution < 1.29 is 0 Å². The van der Waals surface area contributed by atoms with Crippen molar-refractivity contribution in [3.05, 3.63) is 65.7 Å². The monoisotopic (exact) mass is 275 g/mol. The summed E-state index contributed by atoms with van der Waals surface area (Å²) < 4.78 is 0. The Balaban J connectivity index is 2.18. The quantitative estimate of drug-likeness (QED) is 0.571. The maximum atomic E-state index is 4.87. The van der Waals surface area contributed by atoms with E-state index in [1.165, 1.54) is 22.1 Å². The molecule has 2 aromatic carbocycles. The second kappa shape index (κ2) is 5.00. The summed E-state index contributed by atoms with van der Waals surface area (Å²) in [4.78, 5) is 4.87. The first-order valence-electron chi connectivity index (χ1n) is 7.42. The van der Waals surface area contributed by atoms with E-state index in [0.717, 1.165) is 11.2 Å². The second-order valence-electron chi connectivity index (χ2n) is 6.68. The molecule has 0 radical (unpaired) electrons. The highest BCUT2D eigenvalue weighted by Gasteiger charge is 2.15. The molecule has 1 heterocycles. The van der Waals surface area contributed by atoms with Crippen LogP contribution >= 0.6 is 0 Å². The summed E-state index contributed by atoms with van der Waals surface area (Å²) in [6.45, 7) is 8.87. The highest BCUT2D eigenvalue weighted by molar-refractivity contribution is 5.83. The summed E-state index contributed by atoms with van der Waals surface area (Å²) >= 11 is 0. The standard InChI is InChI=1S/C20H21N/c1-14-12-15-8-5-6-11-18(15)21-19(14)16-9-7-10-17(13-16)20(2,3)4/h5-13H,1-4H3. The Morgan fingerprint density at radius 2 is 1.62 bits per heavy atom. The van der Waals surface area contributed by atoms with E-state index in [-0.39, 0.29) is 5.41 Å². The Kier molecular flexibility index (Phi) is 3.29. The van der Waals surface area contributed by atoms with Gasteiger partial charge in [-0.2, -0.15) is 0 Å². The van der Waals surface area contributed by atoms with Crippen LogP contribution in [0.4, 0.5) is 0 Å². The molecular formula is C20H21N. The molecule has 3 rings (SSSR count). The molecule has 0 N–H and O–H groups in total. The van der Waals surface area contributed by atoms with Crippen molar-refractivity contribution >= 4 is 10.9 Å². The lowest BCUT2D eigenvalue weighted by atomic mass is 9.85. The van der Waals surface area contributed by atoms with Gasteiger partial charge in [0.1, 0.15) is 0 Å². The number of hydrogen-bond acceptors (Lipinski definition) is 1. The van der Waals surface area contributed by atoms with Crippen LogP contribution in [0.25, 0.3) is 22.2 Å². The third-order valence-corrected chi connectivity index (χ3v) is 3.92. The topological polar surface area (TPSA) is 12.9 Å². The number of rotatable bonds is 1. The highest BCUT2D eigenvalue weighted by Crippen LogP contribution is 2.29. The number of fused-ring (bicyclic) bond motifs is 1. The smallest absolute Gasteiger partial charge is 0.0738 e. The number of para-hydroxylation sites is 1. The van der Waals surface area contributed by atoms with Crippen LogP contribution in [0, 0.1) is 6.92 Å². The van der Waals surface area contributed by atoms with Crippen LogP contribution in [-0.4, -0.2) is 4.98 Å². The molecule has 21 heavy (non-hydrogen) atoms. The summed E-state index contributed by atoms with van der Waals surface area (Å²) in [5.74, 6) is 0. The van der Waals surface area contributed by atoms with Crippen LogP contribution in [0.1, 0.15) is 31.9 Å². The van der Waals surface area contributed by atoms with Crippen LogP contribution in [0.3, 0.4) is 0 Å². The van der Waals surface area contributed by atoms with Gasteiger partial charge >= 0.3 is 0 Å². The number of aryl methyl sites for hydroxylation is 1. The van der Waals surface area contributed by atoms with E-state index in [1.54, 1.807) is 0 Å². The first kappa shape index (κ1) is 13.8. The van der Waals surface area contributed by atoms with E-state index in [4.69, 9.17) is 4.98 Å². The summed E-state index contributed by atoms with van der Waals surface area (Å²) in [5, 5.41) is 1.20. The lowest BCUT2D eigenvalue weighted by Gasteiger charge is -2.20. The number of hydrogen-bond donors (Lipinski definition) is 0. The Morgan fingerprint density at radius 1 is 0.857 bits per heavy atom. The van der Waals surface area contributed by atoms with Crippen LogP contribution in [0.2, 0.25) is 0 Å². The third kappa shape index (κ3) is 2.69. The van der Waals surface area contributed by atoms with E-state index in [9.17, 15) is 0 Å². The second-order valence-corrected chi connectivity index (χ2v) is 6.68. The lowest BCUT2D eigenvalue weighted by molar-refractivity contribution is 0.590. The molecule has 0 bridgehead atoms. The normalized spacial score (nSPS) is 11.8. The maximum Gasteiger partial charge on any atom is 0.0738 e. The molecule has 106 valence electrons. The van der Waals surface area contributed by atoms with Gasteiger partial charge in [0.25, 0.3) is 0 Å². The first-order chi connectivity index (χ1) is 9.95. The van der Waals surface area contributed by atoms with Crippen LogP contribution in [-0.2, 0) is 5.41 Å². The fraction of sp³-hybridized carbons (Fsp3) is 0.250. The molecule has 0 spiro atoms. The van der Waals surface area contributed by atoms with Crippen molar-refractivity contribution in [3.63, 3.8) is 0 Å². The molecule has 3 aromatic rings. The summed E-state index contributed by atoms with van der Waals surface area (Å²) in [7, 11) is 0. The molecule has 0 aliphatic rings. The van der Waals surface area contributed by atoms with E-state index >= 15 is 0 Å². The van der Waals surface area contributed by atoms with Crippen LogP contribution < -0.4 is 0 Å². The average molecular weight is 275 g/mol. The van der Waals surface area contributed by atoms with Gasteiger partial charge in [0.15, 0.2) is 0 Å². The zero-order valence-electron chi connectivity index (χ0n) is 13.1. The van der Waals surface area contributed by atoms with Gasteiger partial charge in [-0.05, 0) is 41.7 Å². The summed E-state index contributed by atoms with van der Waals surface area (Å²) in [5.41, 5.74) is 6.06. The van der Waals surface area contributed by atoms with E-state index in [0.29, 0.717) is 0 Å². The Labute approximate surface area is 126 Å². The first-order valence-corrected chi connectivity index (χ1v) is 7.42. The minimum atomic E-state index is 0.154. The number of aromatic nitrogens is 1. The van der Waals surface area contributed by atoms with Crippen molar-refractivity contribution in [2.24, 2.45) is 0 Å². The van der Waals surface area contributed by atoms with Crippen molar-refractivity contribution in [2.45, 2.75) is 33.1 Å². The van der Waals surface area contributed by atoms with Gasteiger partial charge in [0.05, 0.1) is 11.2 Å². The minimum absolute atomic E-state index is 0.154. The zero-order valence-corrected chi connectivity index (χ0v) is 13.1. The molecule has 0 saturated heterocycles. The highest BCUT2D eigenvalue weighted by atomic mass is 14.7. The van der Waals surface area contributed by atoms with Gasteiger partial charge in [-0.15, -0.1) is 0 Å². The third-order valence-electron chi connectivity index (χ3n) is 3.92. The number of nitrogens with zero attached hydrogens (tertiary/aromatic N) is 1. The number of benzene rings is 2. The minimum Gasteiger partial charge on any atom is -0.248 e.